The molecule has 0 spiro atoms. The van der Waals surface area contributed by atoms with E-state index < -0.39 is 18.0 Å². The summed E-state index contributed by atoms with van der Waals surface area (Å²) < 4.78 is 0. The summed E-state index contributed by atoms with van der Waals surface area (Å²) in [5, 5.41) is 13.8. The SMILES string of the molecule is CC[C@@H](NC(=O)NCc1ccncc1C)C(=O)O. The number of hydrogen-bond acceptors (Lipinski definition) is 3. The Morgan fingerprint density at radius 2 is 2.22 bits per heavy atom. The third-order valence-corrected chi connectivity index (χ3v) is 2.59. The summed E-state index contributed by atoms with van der Waals surface area (Å²) in [5.74, 6) is -1.03. The summed E-state index contributed by atoms with van der Waals surface area (Å²) in [6.45, 7) is 3.94. The van der Waals surface area contributed by atoms with Crippen LogP contribution in [-0.2, 0) is 11.3 Å². The van der Waals surface area contributed by atoms with E-state index in [4.69, 9.17) is 5.11 Å². The molecule has 1 aromatic rings. The van der Waals surface area contributed by atoms with Crippen LogP contribution in [0.3, 0.4) is 0 Å². The third-order valence-electron chi connectivity index (χ3n) is 2.59. The minimum Gasteiger partial charge on any atom is -0.480 e. The number of aryl methyl sites for hydroxylation is 1. The number of carbonyl (C=O) groups excluding carboxylic acids is 1. The molecule has 0 fully saturated rings. The molecule has 0 saturated carbocycles. The van der Waals surface area contributed by atoms with Crippen molar-refractivity contribution < 1.29 is 14.7 Å². The van der Waals surface area contributed by atoms with Gasteiger partial charge in [-0.15, -0.1) is 0 Å². The van der Waals surface area contributed by atoms with E-state index in [-0.39, 0.29) is 0 Å². The molecule has 2 amide bonds. The fraction of sp³-hybridized carbons (Fsp3) is 0.417. The highest BCUT2D eigenvalue weighted by Crippen LogP contribution is 2.03. The second-order valence-corrected chi connectivity index (χ2v) is 3.93. The predicted octanol–water partition coefficient (Wildman–Crippen LogP) is 1.05. The molecule has 3 N–H and O–H groups in total. The minimum absolute atomic E-state index is 0.343. The van der Waals surface area contributed by atoms with Gasteiger partial charge in [0, 0.05) is 18.9 Å². The Bertz CT molecular complexity index is 434. The van der Waals surface area contributed by atoms with Crippen LogP contribution in [0.15, 0.2) is 18.5 Å². The van der Waals surface area contributed by atoms with Gasteiger partial charge in [0.15, 0.2) is 0 Å². The van der Waals surface area contributed by atoms with Crippen LogP contribution in [0.25, 0.3) is 0 Å². The van der Waals surface area contributed by atoms with Crippen LogP contribution in [0.4, 0.5) is 4.79 Å². The maximum absolute atomic E-state index is 11.5. The number of nitrogens with one attached hydrogen (secondary N) is 2. The number of amides is 2. The molecule has 0 aliphatic rings. The van der Waals surface area contributed by atoms with Crippen molar-refractivity contribution in [1.82, 2.24) is 15.6 Å². The smallest absolute Gasteiger partial charge is 0.326 e. The molecule has 0 saturated heterocycles. The van der Waals surface area contributed by atoms with E-state index in [0.717, 1.165) is 11.1 Å². The van der Waals surface area contributed by atoms with Gasteiger partial charge in [-0.2, -0.15) is 0 Å². The van der Waals surface area contributed by atoms with Gasteiger partial charge in [0.1, 0.15) is 6.04 Å². The Hall–Kier alpha value is -2.11. The average Bonchev–Trinajstić information content (AvgIpc) is 2.34. The summed E-state index contributed by atoms with van der Waals surface area (Å²) in [7, 11) is 0. The Morgan fingerprint density at radius 3 is 2.78 bits per heavy atom. The number of nitrogens with zero attached hydrogens (tertiary/aromatic N) is 1. The lowest BCUT2D eigenvalue weighted by atomic mass is 10.1. The van der Waals surface area contributed by atoms with Crippen LogP contribution in [-0.4, -0.2) is 28.1 Å². The van der Waals surface area contributed by atoms with Crippen molar-refractivity contribution in [3.05, 3.63) is 29.6 Å². The second kappa shape index (κ2) is 6.58. The molecule has 98 valence electrons. The largest absolute Gasteiger partial charge is 0.480 e. The molecular formula is C12H17N3O3. The Balaban J connectivity index is 2.47. The van der Waals surface area contributed by atoms with E-state index in [1.165, 1.54) is 0 Å². The zero-order chi connectivity index (χ0) is 13.5. The molecular weight excluding hydrogens is 234 g/mol. The highest BCUT2D eigenvalue weighted by Gasteiger charge is 2.17. The van der Waals surface area contributed by atoms with Crippen molar-refractivity contribution in [3.8, 4) is 0 Å². The molecule has 1 aromatic heterocycles. The molecule has 0 radical (unpaired) electrons. The quantitative estimate of drug-likeness (QED) is 0.729. The molecule has 1 atom stereocenters. The van der Waals surface area contributed by atoms with Gasteiger partial charge < -0.3 is 15.7 Å². The highest BCUT2D eigenvalue weighted by molar-refractivity contribution is 5.82. The van der Waals surface area contributed by atoms with Gasteiger partial charge in [0.2, 0.25) is 0 Å². The molecule has 1 heterocycles. The number of aliphatic carboxylic acids is 1. The minimum atomic E-state index is -1.03. The van der Waals surface area contributed by atoms with E-state index in [2.05, 4.69) is 15.6 Å². The standard InChI is InChI=1S/C12H17N3O3/c1-3-10(11(16)17)15-12(18)14-7-9-4-5-13-6-8(9)2/h4-6,10H,3,7H2,1-2H3,(H,16,17)(H2,14,15,18)/t10-/m1/s1. The maximum atomic E-state index is 11.5. The first-order chi connectivity index (χ1) is 8.54. The molecule has 6 nitrogen and oxygen atoms in total. The van der Waals surface area contributed by atoms with Crippen molar-refractivity contribution in [3.63, 3.8) is 0 Å². The first-order valence-corrected chi connectivity index (χ1v) is 5.71. The number of rotatable bonds is 5. The maximum Gasteiger partial charge on any atom is 0.326 e. The first-order valence-electron chi connectivity index (χ1n) is 5.71. The monoisotopic (exact) mass is 251 g/mol. The average molecular weight is 251 g/mol. The van der Waals surface area contributed by atoms with Gasteiger partial charge in [0.05, 0.1) is 0 Å². The zero-order valence-corrected chi connectivity index (χ0v) is 10.4. The molecule has 0 unspecified atom stereocenters. The number of urea groups is 1. The zero-order valence-electron chi connectivity index (χ0n) is 10.4. The molecule has 0 aliphatic heterocycles. The summed E-state index contributed by atoms with van der Waals surface area (Å²) >= 11 is 0. The van der Waals surface area contributed by atoms with Gasteiger partial charge in [0.25, 0.3) is 0 Å². The summed E-state index contributed by atoms with van der Waals surface area (Å²) in [5.41, 5.74) is 1.92. The fourth-order valence-electron chi connectivity index (χ4n) is 1.42. The van der Waals surface area contributed by atoms with Crippen LogP contribution in [0.1, 0.15) is 24.5 Å². The molecule has 0 aromatic carbocycles. The van der Waals surface area contributed by atoms with Crippen molar-refractivity contribution in [2.45, 2.75) is 32.9 Å². The van der Waals surface area contributed by atoms with Crippen LogP contribution in [0, 0.1) is 6.92 Å². The van der Waals surface area contributed by atoms with Crippen molar-refractivity contribution in [2.75, 3.05) is 0 Å². The highest BCUT2D eigenvalue weighted by atomic mass is 16.4. The second-order valence-electron chi connectivity index (χ2n) is 3.93. The number of carboxylic acid groups (broad SMARTS) is 1. The molecule has 1 rings (SSSR count). The predicted molar refractivity (Wildman–Crippen MR) is 66.1 cm³/mol. The number of pyridine rings is 1. The lowest BCUT2D eigenvalue weighted by molar-refractivity contribution is -0.139. The number of carboxylic acids is 1. The third kappa shape index (κ3) is 4.04. The summed E-state index contributed by atoms with van der Waals surface area (Å²) in [6.07, 6.45) is 3.70. The topological polar surface area (TPSA) is 91.3 Å². The lowest BCUT2D eigenvalue weighted by Gasteiger charge is -2.13. The van der Waals surface area contributed by atoms with E-state index in [1.54, 1.807) is 19.3 Å². The van der Waals surface area contributed by atoms with E-state index in [9.17, 15) is 9.59 Å². The lowest BCUT2D eigenvalue weighted by Crippen LogP contribution is -2.45. The van der Waals surface area contributed by atoms with Gasteiger partial charge in [-0.05, 0) is 30.5 Å². The number of hydrogen-bond donors (Lipinski definition) is 3. The Labute approximate surface area is 105 Å². The van der Waals surface area contributed by atoms with Crippen LogP contribution in [0.2, 0.25) is 0 Å². The molecule has 0 aliphatic carbocycles. The van der Waals surface area contributed by atoms with Crippen molar-refractivity contribution >= 4 is 12.0 Å². The van der Waals surface area contributed by atoms with Crippen LogP contribution in [0.5, 0.6) is 0 Å². The van der Waals surface area contributed by atoms with Gasteiger partial charge in [-0.1, -0.05) is 6.92 Å². The Kier molecular flexibility index (Phi) is 5.10. The van der Waals surface area contributed by atoms with Crippen molar-refractivity contribution in [2.24, 2.45) is 0 Å². The number of aromatic nitrogens is 1. The van der Waals surface area contributed by atoms with Gasteiger partial charge in [-0.3, -0.25) is 4.98 Å². The van der Waals surface area contributed by atoms with Gasteiger partial charge >= 0.3 is 12.0 Å². The van der Waals surface area contributed by atoms with E-state index >= 15 is 0 Å². The normalized spacial score (nSPS) is 11.7. The fourth-order valence-corrected chi connectivity index (χ4v) is 1.42. The van der Waals surface area contributed by atoms with E-state index in [1.807, 2.05) is 13.0 Å². The Morgan fingerprint density at radius 1 is 1.50 bits per heavy atom. The number of carbonyl (C=O) groups is 2. The van der Waals surface area contributed by atoms with E-state index in [0.29, 0.717) is 13.0 Å². The molecule has 6 heteroatoms. The first kappa shape index (κ1) is 14.0. The van der Waals surface area contributed by atoms with Crippen molar-refractivity contribution in [1.29, 1.82) is 0 Å². The van der Waals surface area contributed by atoms with Crippen LogP contribution >= 0.6 is 0 Å². The molecule has 18 heavy (non-hydrogen) atoms. The summed E-state index contributed by atoms with van der Waals surface area (Å²) in [6, 6.07) is 0.466. The van der Waals surface area contributed by atoms with Gasteiger partial charge in [-0.25, -0.2) is 9.59 Å². The van der Waals surface area contributed by atoms with Crippen LogP contribution < -0.4 is 10.6 Å². The summed E-state index contributed by atoms with van der Waals surface area (Å²) in [4.78, 5) is 26.2. The molecule has 0 bridgehead atoms.